The van der Waals surface area contributed by atoms with E-state index in [9.17, 15) is 18.0 Å². The van der Waals surface area contributed by atoms with Crippen LogP contribution < -0.4 is 0 Å². The minimum absolute atomic E-state index is 0.0380. The molecule has 6 heteroatoms. The Morgan fingerprint density at radius 1 is 1.36 bits per heavy atom. The van der Waals surface area contributed by atoms with Crippen LogP contribution >= 0.6 is 27.5 Å². The van der Waals surface area contributed by atoms with Gasteiger partial charge in [-0.1, -0.05) is 11.6 Å². The van der Waals surface area contributed by atoms with Gasteiger partial charge in [-0.25, -0.2) is 0 Å². The van der Waals surface area contributed by atoms with Crippen LogP contribution in [0.4, 0.5) is 13.2 Å². The van der Waals surface area contributed by atoms with Crippen LogP contribution in [-0.4, -0.2) is 6.29 Å². The molecule has 0 spiro atoms. The van der Waals surface area contributed by atoms with Crippen molar-refractivity contribution in [2.75, 3.05) is 0 Å². The lowest BCUT2D eigenvalue weighted by Crippen LogP contribution is -2.09. The van der Waals surface area contributed by atoms with Crippen LogP contribution in [-0.2, 0) is 6.18 Å². The van der Waals surface area contributed by atoms with E-state index in [2.05, 4.69) is 15.9 Å². The highest BCUT2D eigenvalue weighted by molar-refractivity contribution is 9.10. The number of carbonyl (C=O) groups is 1. The predicted octanol–water partition coefficient (Wildman–Crippen LogP) is 3.93. The molecule has 1 aromatic carbocycles. The van der Waals surface area contributed by atoms with Crippen LogP contribution in [0.3, 0.4) is 0 Å². The molecule has 76 valence electrons. The van der Waals surface area contributed by atoms with E-state index in [-0.39, 0.29) is 15.8 Å². The first-order valence-corrected chi connectivity index (χ1v) is 4.55. The van der Waals surface area contributed by atoms with Crippen molar-refractivity contribution in [1.29, 1.82) is 0 Å². The van der Waals surface area contributed by atoms with Gasteiger partial charge >= 0.3 is 6.18 Å². The number of hydrogen-bond acceptors (Lipinski definition) is 1. The van der Waals surface area contributed by atoms with E-state index < -0.39 is 17.3 Å². The fraction of sp³-hybridized carbons (Fsp3) is 0.125. The van der Waals surface area contributed by atoms with Crippen molar-refractivity contribution in [2.24, 2.45) is 0 Å². The molecule has 0 bridgehead atoms. The lowest BCUT2D eigenvalue weighted by atomic mass is 10.1. The fourth-order valence-corrected chi connectivity index (χ4v) is 1.53. The SMILES string of the molecule is O=Cc1c(C(F)(F)F)ccc(Cl)c1Br. The molecule has 0 aliphatic heterocycles. The minimum Gasteiger partial charge on any atom is -0.298 e. The molecular formula is C8H3BrClF3O. The molecule has 0 aliphatic rings. The average molecular weight is 287 g/mol. The average Bonchev–Trinajstić information content (AvgIpc) is 2.07. The smallest absolute Gasteiger partial charge is 0.298 e. The number of halogens is 5. The second-order valence-electron chi connectivity index (χ2n) is 2.44. The van der Waals surface area contributed by atoms with Crippen LogP contribution in [0.15, 0.2) is 16.6 Å². The summed E-state index contributed by atoms with van der Waals surface area (Å²) in [5.41, 5.74) is -1.48. The van der Waals surface area contributed by atoms with E-state index in [1.165, 1.54) is 0 Å². The Morgan fingerprint density at radius 3 is 2.36 bits per heavy atom. The Hall–Kier alpha value is -0.550. The number of benzene rings is 1. The van der Waals surface area contributed by atoms with Crippen molar-refractivity contribution in [3.8, 4) is 0 Å². The predicted molar refractivity (Wildman–Crippen MR) is 49.5 cm³/mol. The molecule has 0 heterocycles. The van der Waals surface area contributed by atoms with Crippen molar-refractivity contribution >= 4 is 33.8 Å². The largest absolute Gasteiger partial charge is 0.417 e. The Labute approximate surface area is 91.0 Å². The van der Waals surface area contributed by atoms with E-state index in [1.54, 1.807) is 0 Å². The number of hydrogen-bond donors (Lipinski definition) is 0. The quantitative estimate of drug-likeness (QED) is 0.715. The van der Waals surface area contributed by atoms with Gasteiger partial charge in [0.15, 0.2) is 6.29 Å². The van der Waals surface area contributed by atoms with Gasteiger partial charge in [0.2, 0.25) is 0 Å². The van der Waals surface area contributed by atoms with Crippen molar-refractivity contribution in [2.45, 2.75) is 6.18 Å². The summed E-state index contributed by atoms with van der Waals surface area (Å²) in [4.78, 5) is 10.5. The van der Waals surface area contributed by atoms with E-state index in [4.69, 9.17) is 11.6 Å². The number of rotatable bonds is 1. The summed E-state index contributed by atoms with van der Waals surface area (Å²) in [6.45, 7) is 0. The molecule has 0 atom stereocenters. The zero-order valence-corrected chi connectivity index (χ0v) is 8.87. The molecule has 0 amide bonds. The Bertz CT molecular complexity index is 376. The van der Waals surface area contributed by atoms with Gasteiger partial charge in [-0.15, -0.1) is 0 Å². The second kappa shape index (κ2) is 3.90. The zero-order chi connectivity index (χ0) is 10.9. The molecule has 0 aromatic heterocycles. The highest BCUT2D eigenvalue weighted by atomic mass is 79.9. The van der Waals surface area contributed by atoms with E-state index in [1.807, 2.05) is 0 Å². The van der Waals surface area contributed by atoms with E-state index >= 15 is 0 Å². The third-order valence-corrected chi connectivity index (χ3v) is 2.95. The molecular weight excluding hydrogens is 284 g/mol. The summed E-state index contributed by atoms with van der Waals surface area (Å²) in [5.74, 6) is 0. The maximum absolute atomic E-state index is 12.3. The van der Waals surface area contributed by atoms with Gasteiger partial charge in [-0.2, -0.15) is 13.2 Å². The van der Waals surface area contributed by atoms with Crippen molar-refractivity contribution in [1.82, 2.24) is 0 Å². The van der Waals surface area contributed by atoms with Crippen molar-refractivity contribution < 1.29 is 18.0 Å². The molecule has 1 rings (SSSR count). The molecule has 0 unspecified atom stereocenters. The van der Waals surface area contributed by atoms with E-state index in [0.29, 0.717) is 0 Å². The van der Waals surface area contributed by atoms with Crippen molar-refractivity contribution in [3.05, 3.63) is 32.8 Å². The molecule has 0 aliphatic carbocycles. The van der Waals surface area contributed by atoms with E-state index in [0.717, 1.165) is 12.1 Å². The van der Waals surface area contributed by atoms with Crippen LogP contribution in [0.2, 0.25) is 5.02 Å². The standard InChI is InChI=1S/C8H3BrClF3O/c9-7-4(3-14)5(8(11,12)13)1-2-6(7)10/h1-3H. The summed E-state index contributed by atoms with van der Waals surface area (Å²) < 4.78 is 36.9. The Morgan fingerprint density at radius 2 is 1.93 bits per heavy atom. The van der Waals surface area contributed by atoms with Gasteiger partial charge in [0, 0.05) is 10.0 Å². The summed E-state index contributed by atoms with van der Waals surface area (Å²) in [5, 5.41) is 0.0695. The number of alkyl halides is 3. The fourth-order valence-electron chi connectivity index (χ4n) is 0.929. The monoisotopic (exact) mass is 286 g/mol. The van der Waals surface area contributed by atoms with Gasteiger partial charge in [0.1, 0.15) is 0 Å². The minimum atomic E-state index is -4.55. The maximum atomic E-state index is 12.3. The first-order valence-electron chi connectivity index (χ1n) is 3.38. The summed E-state index contributed by atoms with van der Waals surface area (Å²) in [6, 6.07) is 1.86. The highest BCUT2D eigenvalue weighted by Crippen LogP contribution is 2.37. The van der Waals surface area contributed by atoms with Gasteiger partial charge in [0.25, 0.3) is 0 Å². The first kappa shape index (κ1) is 11.5. The molecule has 0 saturated heterocycles. The third-order valence-electron chi connectivity index (χ3n) is 1.56. The zero-order valence-electron chi connectivity index (χ0n) is 6.53. The third kappa shape index (κ3) is 2.09. The number of carbonyl (C=O) groups excluding carboxylic acids is 1. The molecule has 0 radical (unpaired) electrons. The first-order chi connectivity index (χ1) is 6.38. The molecule has 1 nitrogen and oxygen atoms in total. The summed E-state index contributed by atoms with van der Waals surface area (Å²) >= 11 is 8.36. The Kier molecular flexibility index (Phi) is 3.21. The molecule has 0 saturated carbocycles. The van der Waals surface area contributed by atoms with Gasteiger partial charge in [0.05, 0.1) is 10.6 Å². The lowest BCUT2D eigenvalue weighted by Gasteiger charge is -2.10. The summed E-state index contributed by atoms with van der Waals surface area (Å²) in [7, 11) is 0. The maximum Gasteiger partial charge on any atom is 0.417 e. The van der Waals surface area contributed by atoms with Gasteiger partial charge < -0.3 is 0 Å². The normalized spacial score (nSPS) is 11.5. The van der Waals surface area contributed by atoms with Gasteiger partial charge in [-0.3, -0.25) is 4.79 Å². The van der Waals surface area contributed by atoms with Crippen LogP contribution in [0.25, 0.3) is 0 Å². The molecule has 1 aromatic rings. The topological polar surface area (TPSA) is 17.1 Å². The number of aldehydes is 1. The Balaban J connectivity index is 3.47. The van der Waals surface area contributed by atoms with Crippen LogP contribution in [0.1, 0.15) is 15.9 Å². The molecule has 0 N–H and O–H groups in total. The summed E-state index contributed by atoms with van der Waals surface area (Å²) in [6.07, 6.45) is -4.43. The van der Waals surface area contributed by atoms with Crippen molar-refractivity contribution in [3.63, 3.8) is 0 Å². The van der Waals surface area contributed by atoms with Crippen LogP contribution in [0, 0.1) is 0 Å². The second-order valence-corrected chi connectivity index (χ2v) is 3.64. The van der Waals surface area contributed by atoms with Crippen LogP contribution in [0.5, 0.6) is 0 Å². The lowest BCUT2D eigenvalue weighted by molar-refractivity contribution is -0.137. The van der Waals surface area contributed by atoms with Gasteiger partial charge in [-0.05, 0) is 28.1 Å². The molecule has 0 fully saturated rings. The highest BCUT2D eigenvalue weighted by Gasteiger charge is 2.34. The molecule has 14 heavy (non-hydrogen) atoms.